The molecule has 0 bridgehead atoms. The van der Waals surface area contributed by atoms with Crippen molar-refractivity contribution < 1.29 is 5.11 Å². The third kappa shape index (κ3) is 67.6. The molecule has 0 rings (SSSR count). The van der Waals surface area contributed by atoms with Crippen molar-refractivity contribution in [3.63, 3.8) is 0 Å². The first kappa shape index (κ1) is 13.4. The largest absolute Gasteiger partial charge is 0.393 e. The Morgan fingerprint density at radius 1 is 1.40 bits per heavy atom. The highest BCUT2D eigenvalue weighted by molar-refractivity contribution is 6.67. The fourth-order valence-electron chi connectivity index (χ4n) is 0. The number of aliphatic hydroxyl groups is 1. The van der Waals surface area contributed by atoms with Crippen LogP contribution >= 0.6 is 34.8 Å². The van der Waals surface area contributed by atoms with Gasteiger partial charge in [0.25, 0.3) is 0 Å². The van der Waals surface area contributed by atoms with E-state index in [4.69, 9.17) is 39.9 Å². The average Bonchev–Trinajstić information content (AvgIpc) is 1.61. The Labute approximate surface area is 77.3 Å². The number of rotatable bonds is 1. The molecule has 1 nitrogen and oxygen atoms in total. The van der Waals surface area contributed by atoms with Crippen LogP contribution in [0.25, 0.3) is 0 Å². The molecule has 0 radical (unpaired) electrons. The van der Waals surface area contributed by atoms with Crippen LogP contribution in [0.15, 0.2) is 0 Å². The minimum absolute atomic E-state index is 0.116. The summed E-state index contributed by atoms with van der Waals surface area (Å²) >= 11 is 15.2. The molecular formula is C6H13Cl3O. The molecule has 0 aliphatic rings. The van der Waals surface area contributed by atoms with Crippen molar-refractivity contribution in [3.8, 4) is 0 Å². The Hall–Kier alpha value is 0.830. The smallest absolute Gasteiger partial charge is 0.187 e. The van der Waals surface area contributed by atoms with E-state index in [1.807, 2.05) is 6.92 Å². The SMILES string of the molecule is CC(Cl)(Cl)Cl.CCC(C)O. The predicted molar refractivity (Wildman–Crippen MR) is 47.9 cm³/mol. The van der Waals surface area contributed by atoms with Crippen LogP contribution in [-0.4, -0.2) is 15.0 Å². The molecule has 0 heterocycles. The standard InChI is InChI=1S/C4H10O.C2H3Cl3/c1-3-4(2)5;1-2(3,4)5/h4-5H,3H2,1-2H3;1H3. The van der Waals surface area contributed by atoms with Crippen molar-refractivity contribution in [2.75, 3.05) is 0 Å². The van der Waals surface area contributed by atoms with Gasteiger partial charge >= 0.3 is 0 Å². The third-order valence-corrected chi connectivity index (χ3v) is 0.591. The lowest BCUT2D eigenvalue weighted by Crippen LogP contribution is -1.93. The third-order valence-electron chi connectivity index (χ3n) is 0.591. The molecule has 0 aliphatic carbocycles. The van der Waals surface area contributed by atoms with Gasteiger partial charge in [-0.05, 0) is 20.3 Å². The Bertz CT molecular complexity index is 61.9. The maximum Gasteiger partial charge on any atom is 0.187 e. The first-order chi connectivity index (χ1) is 4.27. The van der Waals surface area contributed by atoms with E-state index in [1.54, 1.807) is 6.92 Å². The molecule has 0 saturated heterocycles. The zero-order valence-electron chi connectivity index (χ0n) is 6.37. The van der Waals surface area contributed by atoms with Crippen LogP contribution in [0.5, 0.6) is 0 Å². The van der Waals surface area contributed by atoms with Crippen molar-refractivity contribution in [3.05, 3.63) is 0 Å². The van der Waals surface area contributed by atoms with E-state index < -0.39 is 3.79 Å². The minimum Gasteiger partial charge on any atom is -0.393 e. The lowest BCUT2D eigenvalue weighted by atomic mass is 10.3. The molecule has 0 saturated carbocycles. The maximum atomic E-state index is 8.36. The van der Waals surface area contributed by atoms with Crippen molar-refractivity contribution in [2.45, 2.75) is 37.1 Å². The van der Waals surface area contributed by atoms with Gasteiger partial charge in [-0.2, -0.15) is 0 Å². The molecule has 4 heteroatoms. The van der Waals surface area contributed by atoms with Crippen LogP contribution in [0.4, 0.5) is 0 Å². The van der Waals surface area contributed by atoms with Crippen LogP contribution < -0.4 is 0 Å². The maximum absolute atomic E-state index is 8.36. The summed E-state index contributed by atoms with van der Waals surface area (Å²) < 4.78 is -1.08. The highest BCUT2D eigenvalue weighted by Gasteiger charge is 2.07. The Kier molecular flexibility index (Phi) is 8.77. The molecule has 0 aromatic rings. The van der Waals surface area contributed by atoms with Gasteiger partial charge in [-0.25, -0.2) is 0 Å². The van der Waals surface area contributed by atoms with Crippen LogP contribution in [0.2, 0.25) is 0 Å². The van der Waals surface area contributed by atoms with E-state index in [9.17, 15) is 0 Å². The van der Waals surface area contributed by atoms with E-state index in [0.29, 0.717) is 0 Å². The number of hydrogen-bond acceptors (Lipinski definition) is 1. The van der Waals surface area contributed by atoms with Crippen LogP contribution in [0.3, 0.4) is 0 Å². The lowest BCUT2D eigenvalue weighted by Gasteiger charge is -1.94. The molecule has 1 atom stereocenters. The number of aliphatic hydroxyl groups excluding tert-OH is 1. The topological polar surface area (TPSA) is 20.2 Å². The molecule has 10 heavy (non-hydrogen) atoms. The zero-order valence-corrected chi connectivity index (χ0v) is 8.63. The summed E-state index contributed by atoms with van der Waals surface area (Å²) in [5.41, 5.74) is 0. The van der Waals surface area contributed by atoms with Crippen molar-refractivity contribution in [1.29, 1.82) is 0 Å². The fraction of sp³-hybridized carbons (Fsp3) is 1.00. The highest BCUT2D eigenvalue weighted by atomic mass is 35.6. The van der Waals surface area contributed by atoms with Crippen LogP contribution in [-0.2, 0) is 0 Å². The van der Waals surface area contributed by atoms with E-state index in [-0.39, 0.29) is 6.10 Å². The number of hydrogen-bond donors (Lipinski definition) is 1. The van der Waals surface area contributed by atoms with Gasteiger partial charge in [0, 0.05) is 0 Å². The summed E-state index contributed by atoms with van der Waals surface area (Å²) in [6.45, 7) is 5.21. The minimum atomic E-state index is -1.08. The van der Waals surface area contributed by atoms with Gasteiger partial charge in [0.2, 0.25) is 0 Å². The van der Waals surface area contributed by atoms with E-state index in [2.05, 4.69) is 0 Å². The molecule has 0 aromatic heterocycles. The monoisotopic (exact) mass is 206 g/mol. The van der Waals surface area contributed by atoms with Gasteiger partial charge in [0.15, 0.2) is 3.79 Å². The van der Waals surface area contributed by atoms with Crippen molar-refractivity contribution in [2.24, 2.45) is 0 Å². The number of alkyl halides is 3. The van der Waals surface area contributed by atoms with Gasteiger partial charge in [-0.15, -0.1) is 0 Å². The van der Waals surface area contributed by atoms with Gasteiger partial charge in [-0.1, -0.05) is 41.7 Å². The van der Waals surface area contributed by atoms with Gasteiger partial charge in [0.05, 0.1) is 6.10 Å². The van der Waals surface area contributed by atoms with E-state index >= 15 is 0 Å². The molecular weight excluding hydrogens is 194 g/mol. The zero-order chi connectivity index (χ0) is 8.78. The second kappa shape index (κ2) is 6.53. The first-order valence-corrected chi connectivity index (χ1v) is 4.15. The lowest BCUT2D eigenvalue weighted by molar-refractivity contribution is 0.191. The Morgan fingerprint density at radius 2 is 1.50 bits per heavy atom. The Balaban J connectivity index is 0. The summed E-state index contributed by atoms with van der Waals surface area (Å²) in [5, 5.41) is 8.36. The number of halogens is 3. The summed E-state index contributed by atoms with van der Waals surface area (Å²) in [6.07, 6.45) is 0.745. The van der Waals surface area contributed by atoms with Crippen molar-refractivity contribution in [1.82, 2.24) is 0 Å². The molecule has 0 spiro atoms. The summed E-state index contributed by atoms with van der Waals surface area (Å²) in [5.74, 6) is 0. The summed E-state index contributed by atoms with van der Waals surface area (Å²) in [7, 11) is 0. The summed E-state index contributed by atoms with van der Waals surface area (Å²) in [6, 6.07) is 0. The fourth-order valence-corrected chi connectivity index (χ4v) is 0. The molecule has 1 unspecified atom stereocenters. The van der Waals surface area contributed by atoms with Crippen LogP contribution in [0.1, 0.15) is 27.2 Å². The average molecular weight is 208 g/mol. The molecule has 0 amide bonds. The Morgan fingerprint density at radius 3 is 1.50 bits per heavy atom. The second-order valence-electron chi connectivity index (χ2n) is 2.04. The molecule has 1 N–H and O–H groups in total. The first-order valence-electron chi connectivity index (χ1n) is 3.02. The van der Waals surface area contributed by atoms with Gasteiger partial charge in [0.1, 0.15) is 0 Å². The van der Waals surface area contributed by atoms with Gasteiger partial charge in [-0.3, -0.25) is 0 Å². The normalized spacial score (nSPS) is 13.5. The quantitative estimate of drug-likeness (QED) is 0.655. The van der Waals surface area contributed by atoms with E-state index in [1.165, 1.54) is 6.92 Å². The predicted octanol–water partition coefficient (Wildman–Crippen LogP) is 3.15. The highest BCUT2D eigenvalue weighted by Crippen LogP contribution is 2.23. The second-order valence-corrected chi connectivity index (χ2v) is 4.89. The summed E-state index contributed by atoms with van der Waals surface area (Å²) in [4.78, 5) is 0. The molecule has 0 aliphatic heterocycles. The van der Waals surface area contributed by atoms with Gasteiger partial charge < -0.3 is 5.11 Å². The van der Waals surface area contributed by atoms with E-state index in [0.717, 1.165) is 6.42 Å². The van der Waals surface area contributed by atoms with Crippen molar-refractivity contribution >= 4 is 34.8 Å². The van der Waals surface area contributed by atoms with Crippen LogP contribution in [0, 0.1) is 0 Å². The molecule has 64 valence electrons. The molecule has 0 aromatic carbocycles. The molecule has 0 fully saturated rings.